The van der Waals surface area contributed by atoms with E-state index in [2.05, 4.69) is 10.3 Å². The number of sulfone groups is 1. The Morgan fingerprint density at radius 1 is 1.56 bits per heavy atom. The van der Waals surface area contributed by atoms with Gasteiger partial charge in [0.15, 0.2) is 0 Å². The smallest absolute Gasteiger partial charge is 0.148 e. The summed E-state index contributed by atoms with van der Waals surface area (Å²) in [5, 5.41) is 6.16. The summed E-state index contributed by atoms with van der Waals surface area (Å²) in [6, 6.07) is -0.0365. The highest BCUT2D eigenvalue weighted by Gasteiger charge is 2.16. The van der Waals surface area contributed by atoms with Crippen molar-refractivity contribution in [3.8, 4) is 0 Å². The maximum Gasteiger partial charge on any atom is 0.148 e. The van der Waals surface area contributed by atoms with Crippen LogP contribution in [0.25, 0.3) is 0 Å². The zero-order chi connectivity index (χ0) is 12.2. The highest BCUT2D eigenvalue weighted by molar-refractivity contribution is 7.90. The lowest BCUT2D eigenvalue weighted by molar-refractivity contribution is 0.544. The van der Waals surface area contributed by atoms with E-state index in [1.54, 1.807) is 11.3 Å². The van der Waals surface area contributed by atoms with E-state index in [-0.39, 0.29) is 11.8 Å². The molecule has 0 fully saturated rings. The molecule has 16 heavy (non-hydrogen) atoms. The van der Waals surface area contributed by atoms with Gasteiger partial charge in [0, 0.05) is 29.8 Å². The molecule has 0 saturated heterocycles. The second-order valence-electron chi connectivity index (χ2n) is 3.93. The second kappa shape index (κ2) is 5.75. The SMILES string of the molecule is CCNC(Cc1nc(C)cs1)CS(C)(=O)=O. The van der Waals surface area contributed by atoms with Crippen molar-refractivity contribution in [1.82, 2.24) is 10.3 Å². The van der Waals surface area contributed by atoms with Crippen LogP contribution in [0.5, 0.6) is 0 Å². The largest absolute Gasteiger partial charge is 0.313 e. The summed E-state index contributed by atoms with van der Waals surface area (Å²) in [6.07, 6.45) is 1.95. The topological polar surface area (TPSA) is 59.1 Å². The molecular formula is C10H18N2O2S2. The predicted molar refractivity (Wildman–Crippen MR) is 67.7 cm³/mol. The molecule has 0 spiro atoms. The molecule has 0 amide bonds. The zero-order valence-corrected chi connectivity index (χ0v) is 11.5. The van der Waals surface area contributed by atoms with E-state index in [1.165, 1.54) is 6.26 Å². The zero-order valence-electron chi connectivity index (χ0n) is 9.86. The number of aryl methyl sites for hydroxylation is 1. The summed E-state index contributed by atoms with van der Waals surface area (Å²) >= 11 is 1.58. The Balaban J connectivity index is 2.64. The molecule has 0 aromatic carbocycles. The lowest BCUT2D eigenvalue weighted by Crippen LogP contribution is -2.37. The summed E-state index contributed by atoms with van der Waals surface area (Å²) in [5.74, 6) is 0.166. The van der Waals surface area contributed by atoms with E-state index < -0.39 is 9.84 Å². The van der Waals surface area contributed by atoms with Gasteiger partial charge < -0.3 is 5.32 Å². The van der Waals surface area contributed by atoms with Crippen molar-refractivity contribution >= 4 is 21.2 Å². The Kier molecular flexibility index (Phi) is 4.89. The van der Waals surface area contributed by atoms with Crippen molar-refractivity contribution < 1.29 is 8.42 Å². The van der Waals surface area contributed by atoms with Gasteiger partial charge in [0.1, 0.15) is 9.84 Å². The van der Waals surface area contributed by atoms with E-state index >= 15 is 0 Å². The summed E-state index contributed by atoms with van der Waals surface area (Å²) in [7, 11) is -2.94. The molecule has 1 atom stereocenters. The summed E-state index contributed by atoms with van der Waals surface area (Å²) in [5.41, 5.74) is 0.995. The van der Waals surface area contributed by atoms with Crippen molar-refractivity contribution in [1.29, 1.82) is 0 Å². The molecule has 1 unspecified atom stereocenters. The number of hydrogen-bond acceptors (Lipinski definition) is 5. The summed E-state index contributed by atoms with van der Waals surface area (Å²) < 4.78 is 22.5. The van der Waals surface area contributed by atoms with Crippen LogP contribution in [0, 0.1) is 6.92 Å². The summed E-state index contributed by atoms with van der Waals surface area (Å²) in [4.78, 5) is 4.35. The Labute approximate surface area is 101 Å². The van der Waals surface area contributed by atoms with E-state index in [4.69, 9.17) is 0 Å². The number of thiazole rings is 1. The molecule has 0 bridgehead atoms. The molecule has 1 aromatic rings. The average molecular weight is 262 g/mol. The van der Waals surface area contributed by atoms with E-state index in [0.717, 1.165) is 17.2 Å². The fourth-order valence-corrected chi connectivity index (χ4v) is 3.37. The Morgan fingerprint density at radius 2 is 2.25 bits per heavy atom. The fraction of sp³-hybridized carbons (Fsp3) is 0.700. The van der Waals surface area contributed by atoms with Crippen molar-refractivity contribution in [3.63, 3.8) is 0 Å². The number of rotatable bonds is 6. The van der Waals surface area contributed by atoms with Gasteiger partial charge in [-0.15, -0.1) is 11.3 Å². The number of nitrogens with zero attached hydrogens (tertiary/aromatic N) is 1. The molecule has 4 nitrogen and oxygen atoms in total. The van der Waals surface area contributed by atoms with Crippen LogP contribution in [0.3, 0.4) is 0 Å². The molecule has 0 aliphatic rings. The molecule has 92 valence electrons. The van der Waals surface area contributed by atoms with E-state index in [1.807, 2.05) is 19.2 Å². The van der Waals surface area contributed by atoms with Crippen molar-refractivity contribution in [2.75, 3.05) is 18.6 Å². The van der Waals surface area contributed by atoms with Gasteiger partial charge in [0.25, 0.3) is 0 Å². The standard InChI is InChI=1S/C10H18N2O2S2/c1-4-11-9(7-16(3,13)14)5-10-12-8(2)6-15-10/h6,9,11H,4-5,7H2,1-3H3. The quantitative estimate of drug-likeness (QED) is 0.831. The first-order valence-electron chi connectivity index (χ1n) is 5.23. The average Bonchev–Trinajstić information content (AvgIpc) is 2.48. The van der Waals surface area contributed by atoms with Gasteiger partial charge in [-0.1, -0.05) is 6.92 Å². The fourth-order valence-electron chi connectivity index (χ4n) is 1.55. The maximum absolute atomic E-state index is 11.3. The van der Waals surface area contributed by atoms with Crippen LogP contribution in [-0.2, 0) is 16.3 Å². The lowest BCUT2D eigenvalue weighted by atomic mass is 10.2. The van der Waals surface area contributed by atoms with Crippen LogP contribution in [0.15, 0.2) is 5.38 Å². The van der Waals surface area contributed by atoms with Crippen LogP contribution < -0.4 is 5.32 Å². The Hall–Kier alpha value is -0.460. The van der Waals surface area contributed by atoms with Crippen molar-refractivity contribution in [3.05, 3.63) is 16.1 Å². The number of aromatic nitrogens is 1. The molecule has 1 N–H and O–H groups in total. The second-order valence-corrected chi connectivity index (χ2v) is 7.06. The molecule has 0 aliphatic heterocycles. The highest BCUT2D eigenvalue weighted by Crippen LogP contribution is 2.11. The molecular weight excluding hydrogens is 244 g/mol. The minimum atomic E-state index is -2.94. The van der Waals surface area contributed by atoms with Gasteiger partial charge in [-0.3, -0.25) is 0 Å². The van der Waals surface area contributed by atoms with Crippen LogP contribution in [0.1, 0.15) is 17.6 Å². The molecule has 1 rings (SSSR count). The minimum absolute atomic E-state index is 0.0365. The third-order valence-electron chi connectivity index (χ3n) is 2.08. The number of likely N-dealkylation sites (N-methyl/N-ethyl adjacent to an activating group) is 1. The predicted octanol–water partition coefficient (Wildman–Crippen LogP) is 1.02. The minimum Gasteiger partial charge on any atom is -0.313 e. The third-order valence-corrected chi connectivity index (χ3v) is 4.08. The Bertz CT molecular complexity index is 426. The van der Waals surface area contributed by atoms with Gasteiger partial charge in [0.05, 0.1) is 10.8 Å². The molecule has 1 heterocycles. The van der Waals surface area contributed by atoms with Gasteiger partial charge in [0.2, 0.25) is 0 Å². The van der Waals surface area contributed by atoms with Crippen LogP contribution in [0.2, 0.25) is 0 Å². The van der Waals surface area contributed by atoms with Crippen LogP contribution in [-0.4, -0.2) is 38.0 Å². The molecule has 0 aliphatic carbocycles. The van der Waals surface area contributed by atoms with E-state index in [9.17, 15) is 8.42 Å². The number of nitrogens with one attached hydrogen (secondary N) is 1. The van der Waals surface area contributed by atoms with Gasteiger partial charge in [-0.25, -0.2) is 13.4 Å². The summed E-state index contributed by atoms with van der Waals surface area (Å²) in [6.45, 7) is 4.69. The highest BCUT2D eigenvalue weighted by atomic mass is 32.2. The van der Waals surface area contributed by atoms with Gasteiger partial charge >= 0.3 is 0 Å². The van der Waals surface area contributed by atoms with Gasteiger partial charge in [-0.2, -0.15) is 0 Å². The van der Waals surface area contributed by atoms with E-state index in [0.29, 0.717) is 6.42 Å². The molecule has 6 heteroatoms. The van der Waals surface area contributed by atoms with Crippen LogP contribution in [0.4, 0.5) is 0 Å². The first-order chi connectivity index (χ1) is 7.40. The number of hydrogen-bond donors (Lipinski definition) is 1. The Morgan fingerprint density at radius 3 is 2.69 bits per heavy atom. The third kappa shape index (κ3) is 5.05. The van der Waals surface area contributed by atoms with Crippen LogP contribution >= 0.6 is 11.3 Å². The van der Waals surface area contributed by atoms with Crippen molar-refractivity contribution in [2.24, 2.45) is 0 Å². The van der Waals surface area contributed by atoms with Gasteiger partial charge in [-0.05, 0) is 13.5 Å². The van der Waals surface area contributed by atoms with Crippen molar-refractivity contribution in [2.45, 2.75) is 26.3 Å². The normalized spacial score (nSPS) is 13.9. The first kappa shape index (κ1) is 13.6. The monoisotopic (exact) mass is 262 g/mol. The molecule has 0 saturated carbocycles. The molecule has 1 aromatic heterocycles. The maximum atomic E-state index is 11.3. The lowest BCUT2D eigenvalue weighted by Gasteiger charge is -2.15. The first-order valence-corrected chi connectivity index (χ1v) is 8.17. The molecule has 0 radical (unpaired) electrons.